The first-order chi connectivity index (χ1) is 7.63. The fraction of sp³-hybridized carbons (Fsp3) is 0.417. The maximum Gasteiger partial charge on any atom is 0.320 e. The third-order valence-corrected chi connectivity index (χ3v) is 2.52. The monoisotopic (exact) mass is 225 g/mol. The molecule has 3 nitrogen and oxygen atoms in total. The van der Waals surface area contributed by atoms with Crippen LogP contribution >= 0.6 is 0 Å². The Morgan fingerprint density at radius 3 is 2.56 bits per heavy atom. The third-order valence-electron chi connectivity index (χ3n) is 2.52. The van der Waals surface area contributed by atoms with Crippen LogP contribution in [0.3, 0.4) is 0 Å². The Balaban J connectivity index is 2.35. The first-order valence-corrected chi connectivity index (χ1v) is 5.28. The molecular weight excluding hydrogens is 209 g/mol. The Labute approximate surface area is 94.3 Å². The molecule has 0 fully saturated rings. The Bertz CT molecular complexity index is 337. The van der Waals surface area contributed by atoms with Crippen LogP contribution in [-0.2, 0) is 11.2 Å². The largest absolute Gasteiger partial charge is 0.480 e. The second kappa shape index (κ2) is 6.23. The molecule has 0 aromatic heterocycles. The van der Waals surface area contributed by atoms with Crippen LogP contribution in [0.25, 0.3) is 0 Å². The average molecular weight is 225 g/mol. The van der Waals surface area contributed by atoms with Crippen molar-refractivity contribution in [1.82, 2.24) is 5.32 Å². The molecule has 1 aromatic carbocycles. The van der Waals surface area contributed by atoms with Crippen LogP contribution < -0.4 is 5.32 Å². The lowest BCUT2D eigenvalue weighted by Crippen LogP contribution is -2.33. The number of hydrogen-bond acceptors (Lipinski definition) is 2. The molecule has 1 aromatic rings. The lowest BCUT2D eigenvalue weighted by molar-refractivity contribution is -0.139. The van der Waals surface area contributed by atoms with Crippen LogP contribution in [0.2, 0.25) is 0 Å². The van der Waals surface area contributed by atoms with Crippen molar-refractivity contribution in [3.63, 3.8) is 0 Å². The summed E-state index contributed by atoms with van der Waals surface area (Å²) in [6.07, 6.45) is 2.11. The molecule has 0 aliphatic rings. The number of halogens is 1. The molecule has 1 rings (SSSR count). The van der Waals surface area contributed by atoms with Crippen LogP contribution in [0.4, 0.5) is 4.39 Å². The maximum absolute atomic E-state index is 12.6. The minimum atomic E-state index is -0.832. The van der Waals surface area contributed by atoms with E-state index in [1.807, 2.05) is 0 Å². The van der Waals surface area contributed by atoms with Crippen molar-refractivity contribution in [2.45, 2.75) is 25.3 Å². The summed E-state index contributed by atoms with van der Waals surface area (Å²) in [7, 11) is 1.64. The highest BCUT2D eigenvalue weighted by Gasteiger charge is 2.13. The fourth-order valence-electron chi connectivity index (χ4n) is 1.55. The number of likely N-dealkylation sites (N-methyl/N-ethyl adjacent to an activating group) is 1. The van der Waals surface area contributed by atoms with Gasteiger partial charge in [-0.05, 0) is 44.0 Å². The Kier molecular flexibility index (Phi) is 4.92. The van der Waals surface area contributed by atoms with E-state index in [1.54, 1.807) is 19.2 Å². The van der Waals surface area contributed by atoms with Gasteiger partial charge in [-0.25, -0.2) is 4.39 Å². The van der Waals surface area contributed by atoms with Crippen LogP contribution in [0, 0.1) is 5.82 Å². The van der Waals surface area contributed by atoms with Gasteiger partial charge in [0.25, 0.3) is 0 Å². The van der Waals surface area contributed by atoms with Crippen molar-refractivity contribution in [2.75, 3.05) is 7.05 Å². The minimum Gasteiger partial charge on any atom is -0.480 e. The van der Waals surface area contributed by atoms with E-state index in [0.29, 0.717) is 6.42 Å². The fourth-order valence-corrected chi connectivity index (χ4v) is 1.55. The smallest absolute Gasteiger partial charge is 0.320 e. The first kappa shape index (κ1) is 12.6. The summed E-state index contributed by atoms with van der Waals surface area (Å²) in [6.45, 7) is 0. The lowest BCUT2D eigenvalue weighted by atomic mass is 10.0. The van der Waals surface area contributed by atoms with E-state index < -0.39 is 12.0 Å². The molecule has 0 saturated heterocycles. The van der Waals surface area contributed by atoms with Gasteiger partial charge in [-0.2, -0.15) is 0 Å². The molecular formula is C12H16FNO2. The van der Waals surface area contributed by atoms with Gasteiger partial charge < -0.3 is 10.4 Å². The number of hydrogen-bond donors (Lipinski definition) is 2. The molecule has 1 atom stereocenters. The van der Waals surface area contributed by atoms with Gasteiger partial charge in [0.15, 0.2) is 0 Å². The number of aryl methyl sites for hydroxylation is 1. The lowest BCUT2D eigenvalue weighted by Gasteiger charge is -2.10. The summed E-state index contributed by atoms with van der Waals surface area (Å²) in [6, 6.07) is 5.79. The minimum absolute atomic E-state index is 0.248. The zero-order chi connectivity index (χ0) is 12.0. The molecule has 0 aliphatic heterocycles. The van der Waals surface area contributed by atoms with E-state index in [2.05, 4.69) is 5.32 Å². The van der Waals surface area contributed by atoms with Crippen molar-refractivity contribution in [2.24, 2.45) is 0 Å². The van der Waals surface area contributed by atoms with Gasteiger partial charge in [0.2, 0.25) is 0 Å². The van der Waals surface area contributed by atoms with Crippen molar-refractivity contribution in [3.8, 4) is 0 Å². The average Bonchev–Trinajstić information content (AvgIpc) is 2.26. The molecule has 0 aliphatic carbocycles. The predicted octanol–water partition coefficient (Wildman–Crippen LogP) is 1.82. The van der Waals surface area contributed by atoms with E-state index >= 15 is 0 Å². The molecule has 0 heterocycles. The first-order valence-electron chi connectivity index (χ1n) is 5.28. The van der Waals surface area contributed by atoms with Crippen molar-refractivity contribution < 1.29 is 14.3 Å². The second-order valence-corrected chi connectivity index (χ2v) is 3.70. The molecule has 0 spiro atoms. The number of carboxylic acids is 1. The van der Waals surface area contributed by atoms with E-state index in [9.17, 15) is 9.18 Å². The molecule has 88 valence electrons. The Hall–Kier alpha value is -1.42. The number of aliphatic carboxylic acids is 1. The maximum atomic E-state index is 12.6. The zero-order valence-corrected chi connectivity index (χ0v) is 9.24. The zero-order valence-electron chi connectivity index (χ0n) is 9.24. The number of rotatable bonds is 6. The summed E-state index contributed by atoms with van der Waals surface area (Å²) in [5, 5.41) is 11.5. The number of carboxylic acid groups (broad SMARTS) is 1. The van der Waals surface area contributed by atoms with Crippen LogP contribution in [0.5, 0.6) is 0 Å². The van der Waals surface area contributed by atoms with E-state index in [0.717, 1.165) is 18.4 Å². The summed E-state index contributed by atoms with van der Waals surface area (Å²) in [4.78, 5) is 10.7. The third kappa shape index (κ3) is 3.98. The molecule has 0 radical (unpaired) electrons. The van der Waals surface area contributed by atoms with E-state index in [1.165, 1.54) is 12.1 Å². The molecule has 2 N–H and O–H groups in total. The van der Waals surface area contributed by atoms with Gasteiger partial charge in [-0.15, -0.1) is 0 Å². The quantitative estimate of drug-likeness (QED) is 0.776. The van der Waals surface area contributed by atoms with Gasteiger partial charge in [-0.3, -0.25) is 4.79 Å². The van der Waals surface area contributed by atoms with Crippen LogP contribution in [-0.4, -0.2) is 24.2 Å². The van der Waals surface area contributed by atoms with Crippen molar-refractivity contribution in [1.29, 1.82) is 0 Å². The van der Waals surface area contributed by atoms with Gasteiger partial charge in [0.05, 0.1) is 0 Å². The van der Waals surface area contributed by atoms with E-state index in [-0.39, 0.29) is 5.82 Å². The molecule has 0 unspecified atom stereocenters. The highest BCUT2D eigenvalue weighted by atomic mass is 19.1. The van der Waals surface area contributed by atoms with Crippen molar-refractivity contribution >= 4 is 5.97 Å². The summed E-state index contributed by atoms with van der Waals surface area (Å²) < 4.78 is 12.6. The van der Waals surface area contributed by atoms with Gasteiger partial charge in [0, 0.05) is 0 Å². The standard InChI is InChI=1S/C12H16FNO2/c1-14-11(12(15)16)4-2-3-9-5-7-10(13)8-6-9/h5-8,11,14H,2-4H2,1H3,(H,15,16)/t11-/m0/s1. The highest BCUT2D eigenvalue weighted by Crippen LogP contribution is 2.08. The normalized spacial score (nSPS) is 12.4. The van der Waals surface area contributed by atoms with Crippen LogP contribution in [0.15, 0.2) is 24.3 Å². The van der Waals surface area contributed by atoms with E-state index in [4.69, 9.17) is 5.11 Å². The number of benzene rings is 1. The molecule has 16 heavy (non-hydrogen) atoms. The molecule has 4 heteroatoms. The van der Waals surface area contributed by atoms with Gasteiger partial charge >= 0.3 is 5.97 Å². The highest BCUT2D eigenvalue weighted by molar-refractivity contribution is 5.73. The van der Waals surface area contributed by atoms with Gasteiger partial charge in [0.1, 0.15) is 11.9 Å². The summed E-state index contributed by atoms with van der Waals surface area (Å²) in [5.74, 6) is -1.08. The second-order valence-electron chi connectivity index (χ2n) is 3.70. The predicted molar refractivity (Wildman–Crippen MR) is 59.8 cm³/mol. The van der Waals surface area contributed by atoms with Gasteiger partial charge in [-0.1, -0.05) is 12.1 Å². The molecule has 0 amide bonds. The Morgan fingerprint density at radius 2 is 2.06 bits per heavy atom. The van der Waals surface area contributed by atoms with Crippen molar-refractivity contribution in [3.05, 3.63) is 35.6 Å². The topological polar surface area (TPSA) is 49.3 Å². The number of carbonyl (C=O) groups is 1. The SMILES string of the molecule is CN[C@@H](CCCc1ccc(F)cc1)C(=O)O. The summed E-state index contributed by atoms with van der Waals surface area (Å²) >= 11 is 0. The van der Waals surface area contributed by atoms with Crippen LogP contribution in [0.1, 0.15) is 18.4 Å². The molecule has 0 bridgehead atoms. The molecule has 0 saturated carbocycles. The number of nitrogens with one attached hydrogen (secondary N) is 1. The summed E-state index contributed by atoms with van der Waals surface area (Å²) in [5.41, 5.74) is 1.03. The Morgan fingerprint density at radius 1 is 1.44 bits per heavy atom.